The van der Waals surface area contributed by atoms with Crippen LogP contribution in [0.3, 0.4) is 0 Å². The molecule has 1 N–H and O–H groups in total. The summed E-state index contributed by atoms with van der Waals surface area (Å²) in [6.07, 6.45) is 0. The molecule has 3 aromatic carbocycles. The topological polar surface area (TPSA) is 46.9 Å². The predicted molar refractivity (Wildman–Crippen MR) is 138 cm³/mol. The fraction of sp³-hybridized carbons (Fsp3) is 0.310. The lowest BCUT2D eigenvalue weighted by atomic mass is 9.87. The number of nitrogens with one attached hydrogen (secondary N) is 1. The molecule has 0 bridgehead atoms. The van der Waals surface area contributed by atoms with Crippen molar-refractivity contribution in [3.8, 4) is 11.4 Å². The highest BCUT2D eigenvalue weighted by Crippen LogP contribution is 2.30. The fourth-order valence-corrected chi connectivity index (χ4v) is 4.24. The van der Waals surface area contributed by atoms with Gasteiger partial charge in [-0.1, -0.05) is 89.2 Å². The number of nitrogens with zero attached hydrogens (tertiary/aromatic N) is 2. The number of fused-ring (bicyclic) bond motifs is 1. The number of benzene rings is 3. The number of aromatic nitrogens is 2. The van der Waals surface area contributed by atoms with E-state index in [1.54, 1.807) is 0 Å². The first-order valence-corrected chi connectivity index (χ1v) is 11.6. The number of imidazole rings is 1. The van der Waals surface area contributed by atoms with Crippen LogP contribution in [0.4, 0.5) is 5.69 Å². The van der Waals surface area contributed by atoms with Crippen LogP contribution < -0.4 is 5.32 Å². The summed E-state index contributed by atoms with van der Waals surface area (Å²) >= 11 is 0. The summed E-state index contributed by atoms with van der Waals surface area (Å²) < 4.78 is 2.02. The first-order chi connectivity index (χ1) is 15.6. The molecule has 4 aromatic rings. The van der Waals surface area contributed by atoms with Crippen LogP contribution in [-0.2, 0) is 16.8 Å². The maximum absolute atomic E-state index is 13.3. The zero-order chi connectivity index (χ0) is 23.8. The van der Waals surface area contributed by atoms with Crippen LogP contribution in [0.1, 0.15) is 57.2 Å². The molecule has 0 radical (unpaired) electrons. The van der Waals surface area contributed by atoms with Crippen LogP contribution in [0.5, 0.6) is 0 Å². The molecule has 0 saturated carbocycles. The van der Waals surface area contributed by atoms with Crippen LogP contribution in [0.25, 0.3) is 22.4 Å². The van der Waals surface area contributed by atoms with Gasteiger partial charge in [0.15, 0.2) is 0 Å². The molecule has 33 heavy (non-hydrogen) atoms. The molecule has 1 amide bonds. The summed E-state index contributed by atoms with van der Waals surface area (Å²) in [4.78, 5) is 18.1. The molecule has 1 heterocycles. The second-order valence-electron chi connectivity index (χ2n) is 10.1. The van der Waals surface area contributed by atoms with Gasteiger partial charge in [0.1, 0.15) is 12.4 Å². The third-order valence-corrected chi connectivity index (χ3v) is 6.16. The van der Waals surface area contributed by atoms with Gasteiger partial charge in [-0.15, -0.1) is 0 Å². The molecule has 0 fully saturated rings. The maximum atomic E-state index is 13.3. The minimum absolute atomic E-state index is 0.0538. The third kappa shape index (κ3) is 4.70. The highest BCUT2D eigenvalue weighted by atomic mass is 16.1. The monoisotopic (exact) mass is 439 g/mol. The first kappa shape index (κ1) is 22.8. The number of para-hydroxylation sites is 3. The first-order valence-electron chi connectivity index (χ1n) is 11.6. The Morgan fingerprint density at radius 1 is 0.970 bits per heavy atom. The molecule has 0 aliphatic heterocycles. The summed E-state index contributed by atoms with van der Waals surface area (Å²) in [5, 5.41) is 3.18. The number of carbonyl (C=O) groups excluding carboxylic acids is 1. The number of anilines is 1. The second kappa shape index (κ2) is 8.86. The predicted octanol–water partition coefficient (Wildman–Crippen LogP) is 7.07. The lowest BCUT2D eigenvalue weighted by Gasteiger charge is -2.19. The Balaban J connectivity index is 1.71. The zero-order valence-electron chi connectivity index (χ0n) is 20.4. The van der Waals surface area contributed by atoms with Crippen molar-refractivity contribution >= 4 is 22.6 Å². The molecule has 4 heteroatoms. The van der Waals surface area contributed by atoms with Crippen molar-refractivity contribution in [1.29, 1.82) is 0 Å². The average molecular weight is 440 g/mol. The molecule has 4 rings (SSSR count). The van der Waals surface area contributed by atoms with Gasteiger partial charge in [-0.2, -0.15) is 0 Å². The van der Waals surface area contributed by atoms with Crippen molar-refractivity contribution < 1.29 is 4.79 Å². The van der Waals surface area contributed by atoms with Crippen molar-refractivity contribution in [3.63, 3.8) is 0 Å². The third-order valence-electron chi connectivity index (χ3n) is 6.16. The molecule has 170 valence electrons. The molecule has 1 aromatic heterocycles. The second-order valence-corrected chi connectivity index (χ2v) is 10.1. The van der Waals surface area contributed by atoms with Crippen LogP contribution in [0.15, 0.2) is 66.7 Å². The molecule has 0 saturated heterocycles. The zero-order valence-corrected chi connectivity index (χ0v) is 20.4. The van der Waals surface area contributed by atoms with Gasteiger partial charge < -0.3 is 9.88 Å². The SMILES string of the molecule is Cc1cccc(C(C)C)c1NC(=O)Cn1c(-c2ccc(C(C)(C)C)cc2)nc2ccccc21. The van der Waals surface area contributed by atoms with Crippen LogP contribution in [0.2, 0.25) is 0 Å². The molecule has 0 aliphatic carbocycles. The Morgan fingerprint density at radius 3 is 2.33 bits per heavy atom. The largest absolute Gasteiger partial charge is 0.324 e. The van der Waals surface area contributed by atoms with Gasteiger partial charge in [0.05, 0.1) is 11.0 Å². The van der Waals surface area contributed by atoms with Gasteiger partial charge in [-0.3, -0.25) is 4.79 Å². The minimum Gasteiger partial charge on any atom is -0.324 e. The lowest BCUT2D eigenvalue weighted by Crippen LogP contribution is -2.21. The summed E-state index contributed by atoms with van der Waals surface area (Å²) in [7, 11) is 0. The van der Waals surface area contributed by atoms with E-state index in [0.29, 0.717) is 5.92 Å². The molecule has 0 unspecified atom stereocenters. The standard InChI is InChI=1S/C29H33N3O/c1-19(2)23-11-9-10-20(3)27(23)31-26(33)18-32-25-13-8-7-12-24(25)30-28(32)21-14-16-22(17-15-21)29(4,5)6/h7-17,19H,18H2,1-6H3,(H,31,33). The van der Waals surface area contributed by atoms with E-state index in [4.69, 9.17) is 4.98 Å². The number of aryl methyl sites for hydroxylation is 1. The Bertz CT molecular complexity index is 1290. The van der Waals surface area contributed by atoms with Gasteiger partial charge in [-0.25, -0.2) is 4.98 Å². The van der Waals surface area contributed by atoms with E-state index < -0.39 is 0 Å². The highest BCUT2D eigenvalue weighted by molar-refractivity contribution is 5.94. The Labute approximate surface area is 196 Å². The number of amides is 1. The minimum atomic E-state index is -0.0538. The number of carbonyl (C=O) groups is 1. The van der Waals surface area contributed by atoms with Gasteiger partial charge in [0, 0.05) is 11.3 Å². The average Bonchev–Trinajstić information content (AvgIpc) is 3.13. The van der Waals surface area contributed by atoms with E-state index >= 15 is 0 Å². The Hall–Kier alpha value is -3.40. The summed E-state index contributed by atoms with van der Waals surface area (Å²) in [5.74, 6) is 1.08. The van der Waals surface area contributed by atoms with E-state index in [9.17, 15) is 4.79 Å². The molecule has 0 aliphatic rings. The van der Waals surface area contributed by atoms with Gasteiger partial charge in [-0.05, 0) is 47.1 Å². The van der Waals surface area contributed by atoms with Crippen molar-refractivity contribution in [2.24, 2.45) is 0 Å². The molecule has 0 spiro atoms. The Kier molecular flexibility index (Phi) is 6.11. The van der Waals surface area contributed by atoms with Gasteiger partial charge >= 0.3 is 0 Å². The fourth-order valence-electron chi connectivity index (χ4n) is 4.24. The number of hydrogen-bond acceptors (Lipinski definition) is 2. The van der Waals surface area contributed by atoms with Crippen molar-refractivity contribution in [2.45, 2.75) is 59.4 Å². The Morgan fingerprint density at radius 2 is 1.67 bits per heavy atom. The van der Waals surface area contributed by atoms with Crippen molar-refractivity contribution in [3.05, 3.63) is 83.4 Å². The van der Waals surface area contributed by atoms with Crippen LogP contribution in [-0.4, -0.2) is 15.5 Å². The van der Waals surface area contributed by atoms with E-state index in [2.05, 4.69) is 70.3 Å². The van der Waals surface area contributed by atoms with E-state index in [1.807, 2.05) is 47.9 Å². The van der Waals surface area contributed by atoms with E-state index in [1.165, 1.54) is 5.56 Å². The highest BCUT2D eigenvalue weighted by Gasteiger charge is 2.19. The smallest absolute Gasteiger partial charge is 0.244 e. The van der Waals surface area contributed by atoms with Crippen LogP contribution in [0, 0.1) is 6.92 Å². The van der Waals surface area contributed by atoms with Gasteiger partial charge in [0.25, 0.3) is 0 Å². The molecule has 0 atom stereocenters. The number of hydrogen-bond donors (Lipinski definition) is 1. The van der Waals surface area contributed by atoms with E-state index in [-0.39, 0.29) is 17.9 Å². The van der Waals surface area contributed by atoms with Crippen molar-refractivity contribution in [1.82, 2.24) is 9.55 Å². The normalized spacial score (nSPS) is 11.8. The van der Waals surface area contributed by atoms with Crippen molar-refractivity contribution in [2.75, 3.05) is 5.32 Å². The maximum Gasteiger partial charge on any atom is 0.244 e. The molecular formula is C29H33N3O. The summed E-state index contributed by atoms with van der Waals surface area (Å²) in [5.41, 5.74) is 7.34. The lowest BCUT2D eigenvalue weighted by molar-refractivity contribution is -0.116. The molecule has 4 nitrogen and oxygen atoms in total. The van der Waals surface area contributed by atoms with Crippen LogP contribution >= 0.6 is 0 Å². The number of rotatable bonds is 5. The summed E-state index contributed by atoms with van der Waals surface area (Å²) in [6, 6.07) is 22.7. The summed E-state index contributed by atoms with van der Waals surface area (Å²) in [6.45, 7) is 13.1. The van der Waals surface area contributed by atoms with E-state index in [0.717, 1.165) is 39.2 Å². The quantitative estimate of drug-likeness (QED) is 0.361. The molecular weight excluding hydrogens is 406 g/mol. The van der Waals surface area contributed by atoms with Gasteiger partial charge in [0.2, 0.25) is 5.91 Å².